The van der Waals surface area contributed by atoms with Crippen LogP contribution in [0.25, 0.3) is 0 Å². The molecule has 6 fully saturated rings. The van der Waals surface area contributed by atoms with Crippen molar-refractivity contribution in [2.45, 2.75) is 110 Å². The molecule has 6 rings (SSSR count). The average Bonchev–Trinajstić information content (AvgIpc) is 3.15. The fourth-order valence-electron chi connectivity index (χ4n) is 11.1. The van der Waals surface area contributed by atoms with Crippen LogP contribution in [-0.4, -0.2) is 45.9 Å². The Bertz CT molecular complexity index is 696. The molecule has 30 heavy (non-hydrogen) atoms. The van der Waals surface area contributed by atoms with Gasteiger partial charge in [0.1, 0.15) is 0 Å². The molecule has 2 aliphatic heterocycles. The lowest BCUT2D eigenvalue weighted by Crippen LogP contribution is -2.55. The van der Waals surface area contributed by atoms with Crippen LogP contribution in [0.5, 0.6) is 0 Å². The lowest BCUT2D eigenvalue weighted by molar-refractivity contribution is -0.130. The first-order chi connectivity index (χ1) is 14.2. The van der Waals surface area contributed by atoms with Crippen molar-refractivity contribution in [3.8, 4) is 0 Å². The summed E-state index contributed by atoms with van der Waals surface area (Å²) in [5.41, 5.74) is 0.952. The van der Waals surface area contributed by atoms with Crippen molar-refractivity contribution in [2.75, 3.05) is 6.54 Å². The molecule has 170 valence electrons. The van der Waals surface area contributed by atoms with Crippen molar-refractivity contribution in [2.24, 2.45) is 52.3 Å². The van der Waals surface area contributed by atoms with Gasteiger partial charge in [-0.25, -0.2) is 0 Å². The van der Waals surface area contributed by atoms with Crippen LogP contribution in [0.4, 0.5) is 0 Å². The fraction of sp³-hybridized carbons (Fsp3) is 1.00. The van der Waals surface area contributed by atoms with Gasteiger partial charge in [0, 0.05) is 18.6 Å². The molecule has 2 N–H and O–H groups in total. The van der Waals surface area contributed by atoms with Crippen LogP contribution in [0, 0.1) is 52.3 Å². The second kappa shape index (κ2) is 6.70. The molecule has 0 spiro atoms. The van der Waals surface area contributed by atoms with Gasteiger partial charge < -0.3 is 10.2 Å². The van der Waals surface area contributed by atoms with Crippen molar-refractivity contribution in [3.05, 3.63) is 0 Å². The zero-order chi connectivity index (χ0) is 21.0. The summed E-state index contributed by atoms with van der Waals surface area (Å²) in [5.74, 6) is 5.49. The van der Waals surface area contributed by atoms with Gasteiger partial charge in [-0.2, -0.15) is 0 Å². The van der Waals surface area contributed by atoms with Gasteiger partial charge >= 0.3 is 0 Å². The molecule has 0 radical (unpaired) electrons. The lowest BCUT2D eigenvalue weighted by Gasteiger charge is -2.61. The number of piperidine rings is 1. The molecule has 0 aromatic carbocycles. The summed E-state index contributed by atoms with van der Waals surface area (Å²) in [6, 6.07) is 1.13. The van der Waals surface area contributed by atoms with Crippen LogP contribution < -0.4 is 0 Å². The molecule has 1 unspecified atom stereocenters. The predicted octanol–water partition coefficient (Wildman–Crippen LogP) is 4.71. The summed E-state index contributed by atoms with van der Waals surface area (Å²) in [5, 5.41) is 21.3. The molecule has 3 heteroatoms. The van der Waals surface area contributed by atoms with Gasteiger partial charge in [0.15, 0.2) is 0 Å². The largest absolute Gasteiger partial charge is 0.393 e. The van der Waals surface area contributed by atoms with E-state index < -0.39 is 0 Å². The molecule has 2 saturated heterocycles. The van der Waals surface area contributed by atoms with E-state index in [1.807, 2.05) is 0 Å². The van der Waals surface area contributed by atoms with E-state index in [4.69, 9.17) is 0 Å². The van der Waals surface area contributed by atoms with E-state index >= 15 is 0 Å². The highest BCUT2D eigenvalue weighted by Crippen LogP contribution is 2.70. The third kappa shape index (κ3) is 2.55. The topological polar surface area (TPSA) is 43.7 Å². The third-order valence-corrected chi connectivity index (χ3v) is 12.2. The van der Waals surface area contributed by atoms with Crippen LogP contribution in [0.1, 0.15) is 85.5 Å². The number of rotatable bonds is 0. The molecule has 13 atom stereocenters. The van der Waals surface area contributed by atoms with Crippen LogP contribution in [0.3, 0.4) is 0 Å². The van der Waals surface area contributed by atoms with Crippen LogP contribution in [0.15, 0.2) is 0 Å². The zero-order valence-corrected chi connectivity index (χ0v) is 19.8. The van der Waals surface area contributed by atoms with Gasteiger partial charge in [0.2, 0.25) is 0 Å². The van der Waals surface area contributed by atoms with Crippen LogP contribution in [0.2, 0.25) is 0 Å². The maximum atomic E-state index is 11.0. The smallest absolute Gasteiger partial charge is 0.0701 e. The summed E-state index contributed by atoms with van der Waals surface area (Å²) in [4.78, 5) is 2.80. The molecular weight excluding hydrogens is 370 g/mol. The Labute approximate surface area is 184 Å². The van der Waals surface area contributed by atoms with Gasteiger partial charge in [-0.15, -0.1) is 0 Å². The summed E-state index contributed by atoms with van der Waals surface area (Å²) < 4.78 is 0. The molecule has 0 amide bonds. The van der Waals surface area contributed by atoms with Crippen LogP contribution in [-0.2, 0) is 0 Å². The maximum Gasteiger partial charge on any atom is 0.0701 e. The number of hydrogen-bond acceptors (Lipinski definition) is 3. The minimum absolute atomic E-state index is 0.0374. The van der Waals surface area contributed by atoms with Crippen molar-refractivity contribution in [3.63, 3.8) is 0 Å². The van der Waals surface area contributed by atoms with E-state index in [9.17, 15) is 10.2 Å². The molecular formula is C27H45NO2. The highest BCUT2D eigenvalue weighted by Gasteiger charge is 2.67. The maximum absolute atomic E-state index is 11.0. The molecule has 0 bridgehead atoms. The van der Waals surface area contributed by atoms with Crippen molar-refractivity contribution in [1.29, 1.82) is 0 Å². The normalized spacial score (nSPS) is 62.8. The Morgan fingerprint density at radius 1 is 0.833 bits per heavy atom. The third-order valence-electron chi connectivity index (χ3n) is 12.2. The quantitative estimate of drug-likeness (QED) is 0.602. The highest BCUT2D eigenvalue weighted by atomic mass is 16.3. The predicted molar refractivity (Wildman–Crippen MR) is 120 cm³/mol. The van der Waals surface area contributed by atoms with Crippen molar-refractivity contribution >= 4 is 0 Å². The number of nitrogens with zero attached hydrogens (tertiary/aromatic N) is 1. The molecule has 0 aromatic rings. The van der Waals surface area contributed by atoms with E-state index in [1.165, 1.54) is 45.1 Å². The number of aliphatic hydroxyl groups is 2. The summed E-state index contributed by atoms with van der Waals surface area (Å²) in [6.07, 6.45) is 11.2. The number of hydrogen-bond donors (Lipinski definition) is 2. The second-order valence-corrected chi connectivity index (χ2v) is 13.4. The Morgan fingerprint density at radius 3 is 2.40 bits per heavy atom. The van der Waals surface area contributed by atoms with Crippen molar-refractivity contribution in [1.82, 2.24) is 4.90 Å². The second-order valence-electron chi connectivity index (χ2n) is 13.4. The summed E-state index contributed by atoms with van der Waals surface area (Å²) in [6.45, 7) is 11.3. The highest BCUT2D eigenvalue weighted by molar-refractivity contribution is 5.18. The first kappa shape index (κ1) is 20.5. The van der Waals surface area contributed by atoms with Crippen molar-refractivity contribution < 1.29 is 10.2 Å². The van der Waals surface area contributed by atoms with Gasteiger partial charge in [-0.05, 0) is 110 Å². The van der Waals surface area contributed by atoms with E-state index in [0.717, 1.165) is 54.9 Å². The van der Waals surface area contributed by atoms with Gasteiger partial charge in [0.05, 0.1) is 12.2 Å². The Morgan fingerprint density at radius 2 is 1.60 bits per heavy atom. The zero-order valence-electron chi connectivity index (χ0n) is 19.8. The molecule has 3 nitrogen and oxygen atoms in total. The van der Waals surface area contributed by atoms with Gasteiger partial charge in [-0.3, -0.25) is 4.90 Å². The number of aliphatic hydroxyl groups excluding tert-OH is 2. The molecule has 4 aliphatic carbocycles. The molecule has 0 aromatic heterocycles. The van der Waals surface area contributed by atoms with E-state index in [0.29, 0.717) is 28.7 Å². The first-order valence-electron chi connectivity index (χ1n) is 13.4. The minimum Gasteiger partial charge on any atom is -0.393 e. The van der Waals surface area contributed by atoms with Gasteiger partial charge in [0.25, 0.3) is 0 Å². The molecule has 4 saturated carbocycles. The molecule has 2 heterocycles. The van der Waals surface area contributed by atoms with Gasteiger partial charge in [-0.1, -0.05) is 27.7 Å². The van der Waals surface area contributed by atoms with E-state index in [2.05, 4.69) is 32.6 Å². The Balaban J connectivity index is 1.30. The first-order valence-corrected chi connectivity index (χ1v) is 13.4. The van der Waals surface area contributed by atoms with Crippen LogP contribution >= 0.6 is 0 Å². The summed E-state index contributed by atoms with van der Waals surface area (Å²) in [7, 11) is 0. The Kier molecular flexibility index (Phi) is 4.58. The van der Waals surface area contributed by atoms with E-state index in [1.54, 1.807) is 0 Å². The standard InChI is InChI=1S/C27H45NO2/c1-15-11-23(30)25-16(2)24-22(28(25)14-15)13-21-19-6-5-17-12-18(29)7-9-26(17,3)20(19)8-10-27(21,24)4/h15-25,29-30H,5-14H2,1-4H3/t15?,16-,17-,18-,19+,20-,21-,22-,23-,24-,25-,26-,27-/m0/s1. The monoisotopic (exact) mass is 415 g/mol. The Hall–Kier alpha value is -0.120. The average molecular weight is 416 g/mol. The summed E-state index contributed by atoms with van der Waals surface area (Å²) >= 11 is 0. The van der Waals surface area contributed by atoms with E-state index in [-0.39, 0.29) is 12.2 Å². The molecule has 6 aliphatic rings. The lowest BCUT2D eigenvalue weighted by atomic mass is 9.44. The number of fused-ring (bicyclic) bond motifs is 9. The minimum atomic E-state index is -0.115. The fourth-order valence-corrected chi connectivity index (χ4v) is 11.1. The SMILES string of the molecule is CC1C[C@H](O)[C@@H]2[C@@H](C)[C@H]3[C@H](C[C@H]4[C@@H]5CC[C@H]6C[C@@H](O)CC[C@]6(C)[C@H]5CC[C@]34C)N2C1.